The molecule has 0 aromatic rings. The SMILES string of the molecule is C=C(C)C1CC[C@H]2C(=C)[C@@H]1CCC2C. The maximum atomic E-state index is 4.34. The van der Waals surface area contributed by atoms with Gasteiger partial charge in [-0.1, -0.05) is 31.2 Å². The topological polar surface area (TPSA) is 0 Å². The molecular formula is C14H22. The molecule has 0 aliphatic heterocycles. The average molecular weight is 190 g/mol. The minimum Gasteiger partial charge on any atom is -0.0998 e. The number of hydrogen-bond acceptors (Lipinski definition) is 0. The van der Waals surface area contributed by atoms with Crippen molar-refractivity contribution in [2.24, 2.45) is 23.7 Å². The van der Waals surface area contributed by atoms with Crippen molar-refractivity contribution in [3.63, 3.8) is 0 Å². The van der Waals surface area contributed by atoms with Crippen LogP contribution in [0.1, 0.15) is 39.5 Å². The summed E-state index contributed by atoms with van der Waals surface area (Å²) in [7, 11) is 0. The molecule has 2 fully saturated rings. The fraction of sp³-hybridized carbons (Fsp3) is 0.714. The van der Waals surface area contributed by atoms with Crippen LogP contribution in [0.3, 0.4) is 0 Å². The summed E-state index contributed by atoms with van der Waals surface area (Å²) >= 11 is 0. The van der Waals surface area contributed by atoms with Crippen molar-refractivity contribution in [3.05, 3.63) is 24.3 Å². The van der Waals surface area contributed by atoms with E-state index in [0.717, 1.165) is 23.7 Å². The van der Waals surface area contributed by atoms with Crippen LogP contribution in [-0.4, -0.2) is 0 Å². The van der Waals surface area contributed by atoms with Gasteiger partial charge in [0.25, 0.3) is 0 Å². The van der Waals surface area contributed by atoms with Gasteiger partial charge in [-0.3, -0.25) is 0 Å². The van der Waals surface area contributed by atoms with Crippen LogP contribution in [0.5, 0.6) is 0 Å². The number of rotatable bonds is 1. The summed E-state index contributed by atoms with van der Waals surface area (Å²) in [6.07, 6.45) is 5.47. The van der Waals surface area contributed by atoms with E-state index in [1.165, 1.54) is 31.3 Å². The molecule has 0 aromatic carbocycles. The van der Waals surface area contributed by atoms with E-state index in [2.05, 4.69) is 27.0 Å². The normalized spacial score (nSPS) is 42.3. The second kappa shape index (κ2) is 3.56. The Labute approximate surface area is 88.1 Å². The maximum absolute atomic E-state index is 4.34. The monoisotopic (exact) mass is 190 g/mol. The number of hydrogen-bond donors (Lipinski definition) is 0. The molecule has 0 spiro atoms. The molecule has 14 heavy (non-hydrogen) atoms. The fourth-order valence-corrected chi connectivity index (χ4v) is 3.55. The lowest BCUT2D eigenvalue weighted by atomic mass is 9.59. The lowest BCUT2D eigenvalue weighted by molar-refractivity contribution is 0.169. The first kappa shape index (κ1) is 10.0. The van der Waals surface area contributed by atoms with Gasteiger partial charge in [-0.25, -0.2) is 0 Å². The second-order valence-electron chi connectivity index (χ2n) is 5.37. The molecule has 0 heterocycles. The van der Waals surface area contributed by atoms with Crippen molar-refractivity contribution >= 4 is 0 Å². The van der Waals surface area contributed by atoms with E-state index < -0.39 is 0 Å². The summed E-state index contributed by atoms with van der Waals surface area (Å²) in [5.41, 5.74) is 2.92. The van der Waals surface area contributed by atoms with Crippen molar-refractivity contribution in [2.45, 2.75) is 39.5 Å². The van der Waals surface area contributed by atoms with Crippen LogP contribution in [-0.2, 0) is 0 Å². The fourth-order valence-electron chi connectivity index (χ4n) is 3.55. The lowest BCUT2D eigenvalue weighted by Crippen LogP contribution is -2.35. The molecule has 2 bridgehead atoms. The molecule has 0 heteroatoms. The largest absolute Gasteiger partial charge is 0.0998 e. The Morgan fingerprint density at radius 1 is 1.14 bits per heavy atom. The highest BCUT2D eigenvalue weighted by atomic mass is 14.4. The molecular weight excluding hydrogens is 168 g/mol. The van der Waals surface area contributed by atoms with Crippen LogP contribution in [0, 0.1) is 23.7 Å². The van der Waals surface area contributed by atoms with Gasteiger partial charge in [0, 0.05) is 0 Å². The Bertz CT molecular complexity index is 261. The van der Waals surface area contributed by atoms with Crippen LogP contribution in [0.4, 0.5) is 0 Å². The maximum Gasteiger partial charge on any atom is -0.0137 e. The average Bonchev–Trinajstić information content (AvgIpc) is 2.11. The van der Waals surface area contributed by atoms with Crippen molar-refractivity contribution < 1.29 is 0 Å². The zero-order chi connectivity index (χ0) is 10.3. The Balaban J connectivity index is 2.19. The molecule has 0 radical (unpaired) electrons. The van der Waals surface area contributed by atoms with E-state index in [1.807, 2.05) is 0 Å². The van der Waals surface area contributed by atoms with Crippen LogP contribution >= 0.6 is 0 Å². The first-order valence-electron chi connectivity index (χ1n) is 5.95. The Hall–Kier alpha value is -0.520. The van der Waals surface area contributed by atoms with Gasteiger partial charge < -0.3 is 0 Å². The molecule has 0 aromatic heterocycles. The van der Waals surface area contributed by atoms with E-state index in [1.54, 1.807) is 5.57 Å². The molecule has 0 N–H and O–H groups in total. The van der Waals surface area contributed by atoms with Gasteiger partial charge in [0.05, 0.1) is 0 Å². The predicted molar refractivity (Wildman–Crippen MR) is 62.1 cm³/mol. The molecule has 0 saturated heterocycles. The smallest absolute Gasteiger partial charge is 0.0137 e. The van der Waals surface area contributed by atoms with Crippen molar-refractivity contribution in [1.82, 2.24) is 0 Å². The van der Waals surface area contributed by atoms with Crippen LogP contribution < -0.4 is 0 Å². The summed E-state index contributed by atoms with van der Waals surface area (Å²) in [6.45, 7) is 13.1. The van der Waals surface area contributed by atoms with Gasteiger partial charge in [0.2, 0.25) is 0 Å². The first-order chi connectivity index (χ1) is 6.61. The zero-order valence-corrected chi connectivity index (χ0v) is 9.55. The van der Waals surface area contributed by atoms with Gasteiger partial charge in [-0.15, -0.1) is 0 Å². The van der Waals surface area contributed by atoms with E-state index >= 15 is 0 Å². The first-order valence-corrected chi connectivity index (χ1v) is 5.95. The summed E-state index contributed by atoms with van der Waals surface area (Å²) in [5, 5.41) is 0. The minimum atomic E-state index is 0.742. The molecule has 2 saturated carbocycles. The summed E-state index contributed by atoms with van der Waals surface area (Å²) < 4.78 is 0. The van der Waals surface area contributed by atoms with Crippen molar-refractivity contribution in [1.29, 1.82) is 0 Å². The van der Waals surface area contributed by atoms with Gasteiger partial charge in [-0.2, -0.15) is 0 Å². The molecule has 2 unspecified atom stereocenters. The lowest BCUT2D eigenvalue weighted by Gasteiger charge is -2.45. The minimum absolute atomic E-state index is 0.742. The molecule has 2 aliphatic carbocycles. The number of allylic oxidation sites excluding steroid dienone is 2. The van der Waals surface area contributed by atoms with Crippen molar-refractivity contribution in [2.75, 3.05) is 0 Å². The van der Waals surface area contributed by atoms with Gasteiger partial charge in [0.15, 0.2) is 0 Å². The highest BCUT2D eigenvalue weighted by Gasteiger charge is 2.39. The van der Waals surface area contributed by atoms with E-state index in [0.29, 0.717) is 0 Å². The third-order valence-corrected chi connectivity index (χ3v) is 4.48. The van der Waals surface area contributed by atoms with Gasteiger partial charge >= 0.3 is 0 Å². The summed E-state index contributed by atoms with van der Waals surface area (Å²) in [4.78, 5) is 0. The molecule has 78 valence electrons. The van der Waals surface area contributed by atoms with E-state index in [9.17, 15) is 0 Å². The van der Waals surface area contributed by atoms with Crippen molar-refractivity contribution in [3.8, 4) is 0 Å². The highest BCUT2D eigenvalue weighted by Crippen LogP contribution is 2.50. The molecule has 4 atom stereocenters. The highest BCUT2D eigenvalue weighted by molar-refractivity contribution is 5.19. The Kier molecular flexibility index (Phi) is 2.55. The third kappa shape index (κ3) is 1.45. The van der Waals surface area contributed by atoms with E-state index in [4.69, 9.17) is 0 Å². The third-order valence-electron chi connectivity index (χ3n) is 4.48. The summed E-state index contributed by atoms with van der Waals surface area (Å²) in [5.74, 6) is 3.21. The standard InChI is InChI=1S/C14H22/c1-9(2)12-7-8-13-10(3)5-6-14(12)11(13)4/h10,12-14H,1,4-8H2,2-3H3/t10?,12?,13-,14+/m1/s1. The van der Waals surface area contributed by atoms with Gasteiger partial charge in [-0.05, 0) is 56.3 Å². The molecule has 2 aliphatic rings. The van der Waals surface area contributed by atoms with Crippen LogP contribution in [0.25, 0.3) is 0 Å². The van der Waals surface area contributed by atoms with Crippen LogP contribution in [0.2, 0.25) is 0 Å². The quantitative estimate of drug-likeness (QED) is 0.544. The summed E-state index contributed by atoms with van der Waals surface area (Å²) in [6, 6.07) is 0. The Morgan fingerprint density at radius 2 is 1.79 bits per heavy atom. The second-order valence-corrected chi connectivity index (χ2v) is 5.37. The van der Waals surface area contributed by atoms with Gasteiger partial charge in [0.1, 0.15) is 0 Å². The molecule has 2 rings (SSSR count). The van der Waals surface area contributed by atoms with Crippen LogP contribution in [0.15, 0.2) is 24.3 Å². The Morgan fingerprint density at radius 3 is 2.43 bits per heavy atom. The molecule has 0 nitrogen and oxygen atoms in total. The number of fused-ring (bicyclic) bond motifs is 2. The molecule has 0 amide bonds. The zero-order valence-electron chi connectivity index (χ0n) is 9.55. The van der Waals surface area contributed by atoms with E-state index in [-0.39, 0.29) is 0 Å². The predicted octanol–water partition coefficient (Wildman–Crippen LogP) is 4.19.